The van der Waals surface area contributed by atoms with Crippen LogP contribution in [0.4, 0.5) is 5.69 Å². The van der Waals surface area contributed by atoms with Crippen molar-refractivity contribution in [3.8, 4) is 0 Å². The van der Waals surface area contributed by atoms with Gasteiger partial charge in [0.05, 0.1) is 10.7 Å². The third kappa shape index (κ3) is 3.05. The van der Waals surface area contributed by atoms with Crippen molar-refractivity contribution in [1.82, 2.24) is 9.80 Å². The van der Waals surface area contributed by atoms with Gasteiger partial charge in [0.15, 0.2) is 5.11 Å². The van der Waals surface area contributed by atoms with Crippen molar-refractivity contribution in [1.29, 1.82) is 0 Å². The Morgan fingerprint density at radius 3 is 2.08 bits per heavy atom. The highest BCUT2D eigenvalue weighted by molar-refractivity contribution is 8.03. The Balaban J connectivity index is 1.96. The van der Waals surface area contributed by atoms with Crippen molar-refractivity contribution in [2.75, 3.05) is 24.5 Å². The molecule has 1 aromatic carbocycles. The molecule has 26 heavy (non-hydrogen) atoms. The van der Waals surface area contributed by atoms with E-state index in [0.29, 0.717) is 13.1 Å². The molecule has 0 saturated carbocycles. The van der Waals surface area contributed by atoms with Gasteiger partial charge in [0.2, 0.25) is 0 Å². The largest absolute Gasteiger partial charge is 0.335 e. The normalized spacial score (nSPS) is 18.9. The molecule has 136 valence electrons. The molecule has 2 aliphatic rings. The number of carbonyl (C=O) groups is 2. The summed E-state index contributed by atoms with van der Waals surface area (Å²) in [7, 11) is 0. The van der Waals surface area contributed by atoms with E-state index in [1.165, 1.54) is 14.7 Å². The Morgan fingerprint density at radius 1 is 0.923 bits per heavy atom. The Hall–Kier alpha value is -2.12. The minimum absolute atomic E-state index is 0.155. The van der Waals surface area contributed by atoms with Gasteiger partial charge in [-0.1, -0.05) is 23.9 Å². The number of thiocarbonyl (C=S) groups is 1. The fraction of sp³-hybridized carbons (Fsp3) is 0.316. The van der Waals surface area contributed by atoms with Crippen molar-refractivity contribution in [3.63, 3.8) is 0 Å². The maximum absolute atomic E-state index is 12.7. The first-order valence-electron chi connectivity index (χ1n) is 8.67. The Bertz CT molecular complexity index is 804. The molecule has 0 N–H and O–H groups in total. The van der Waals surface area contributed by atoms with Crippen LogP contribution in [0.15, 0.2) is 51.9 Å². The number of thioether (sulfide) groups is 1. The Labute approximate surface area is 163 Å². The van der Waals surface area contributed by atoms with Gasteiger partial charge in [0.1, 0.15) is 5.57 Å². The zero-order chi connectivity index (χ0) is 18.8. The summed E-state index contributed by atoms with van der Waals surface area (Å²) in [6, 6.07) is 8.17. The molecule has 0 unspecified atom stereocenters. The molecule has 0 spiro atoms. The van der Waals surface area contributed by atoms with E-state index < -0.39 is 0 Å². The third-order valence-electron chi connectivity index (χ3n) is 4.39. The van der Waals surface area contributed by atoms with E-state index in [1.54, 1.807) is 17.8 Å². The van der Waals surface area contributed by atoms with Gasteiger partial charge in [-0.05, 0) is 57.3 Å². The van der Waals surface area contributed by atoms with E-state index in [2.05, 4.69) is 24.0 Å². The van der Waals surface area contributed by atoms with E-state index in [4.69, 9.17) is 12.2 Å². The van der Waals surface area contributed by atoms with Crippen LogP contribution in [0.3, 0.4) is 0 Å². The van der Waals surface area contributed by atoms with Crippen molar-refractivity contribution in [3.05, 3.63) is 47.0 Å². The van der Waals surface area contributed by atoms with Crippen molar-refractivity contribution in [2.45, 2.75) is 25.7 Å². The van der Waals surface area contributed by atoms with Gasteiger partial charge in [0.25, 0.3) is 11.8 Å². The lowest BCUT2D eigenvalue weighted by Crippen LogP contribution is -2.55. The van der Waals surface area contributed by atoms with Crippen molar-refractivity contribution < 1.29 is 9.59 Å². The SMILES string of the molecule is CCN1C(=O)C(=CC=C2Sc3ccccc3N2CC)C(=O)N(CC)C1=S. The highest BCUT2D eigenvalue weighted by Gasteiger charge is 2.37. The van der Waals surface area contributed by atoms with E-state index in [-0.39, 0.29) is 22.5 Å². The molecule has 0 aromatic heterocycles. The average Bonchev–Trinajstić information content (AvgIpc) is 2.99. The summed E-state index contributed by atoms with van der Waals surface area (Å²) in [6.07, 6.45) is 3.49. The minimum atomic E-state index is -0.326. The Kier molecular flexibility index (Phi) is 5.48. The summed E-state index contributed by atoms with van der Waals surface area (Å²) in [6.45, 7) is 7.48. The van der Waals surface area contributed by atoms with Gasteiger partial charge in [0, 0.05) is 24.5 Å². The topological polar surface area (TPSA) is 43.9 Å². The molecular weight excluding hydrogens is 366 g/mol. The average molecular weight is 388 g/mol. The smallest absolute Gasteiger partial charge is 0.265 e. The number of allylic oxidation sites excluding steroid dienone is 2. The highest BCUT2D eigenvalue weighted by atomic mass is 32.2. The van der Waals surface area contributed by atoms with E-state index >= 15 is 0 Å². The lowest BCUT2D eigenvalue weighted by Gasteiger charge is -2.35. The summed E-state index contributed by atoms with van der Waals surface area (Å²) >= 11 is 6.93. The van der Waals surface area contributed by atoms with Crippen LogP contribution < -0.4 is 4.90 Å². The molecule has 1 saturated heterocycles. The molecule has 5 nitrogen and oxygen atoms in total. The standard InChI is InChI=1S/C19H21N3O2S2/c1-4-20-14-9-7-8-10-15(14)26-16(20)12-11-13-17(23)21(5-2)19(25)22(6-3)18(13)24/h7-12H,4-6H2,1-3H3. The van der Waals surface area contributed by atoms with Gasteiger partial charge in [-0.25, -0.2) is 0 Å². The van der Waals surface area contributed by atoms with Crippen LogP contribution in [-0.4, -0.2) is 46.4 Å². The summed E-state index contributed by atoms with van der Waals surface area (Å²) in [5.41, 5.74) is 1.31. The first-order chi connectivity index (χ1) is 12.5. The van der Waals surface area contributed by atoms with E-state index in [0.717, 1.165) is 17.3 Å². The van der Waals surface area contributed by atoms with Gasteiger partial charge in [-0.15, -0.1) is 0 Å². The van der Waals surface area contributed by atoms with Crippen LogP contribution in [0.5, 0.6) is 0 Å². The van der Waals surface area contributed by atoms with Gasteiger partial charge in [-0.3, -0.25) is 19.4 Å². The number of rotatable bonds is 4. The zero-order valence-electron chi connectivity index (χ0n) is 15.1. The molecule has 0 atom stereocenters. The predicted octanol–water partition coefficient (Wildman–Crippen LogP) is 3.38. The Morgan fingerprint density at radius 2 is 1.50 bits per heavy atom. The molecule has 2 aliphatic heterocycles. The number of nitrogens with zero attached hydrogens (tertiary/aromatic N) is 3. The molecule has 0 radical (unpaired) electrons. The van der Waals surface area contributed by atoms with Crippen LogP contribution in [0.25, 0.3) is 0 Å². The molecule has 0 bridgehead atoms. The van der Waals surface area contributed by atoms with E-state index in [9.17, 15) is 9.59 Å². The molecule has 3 rings (SSSR count). The summed E-state index contributed by atoms with van der Waals surface area (Å²) in [4.78, 5) is 31.7. The first-order valence-corrected chi connectivity index (χ1v) is 9.90. The van der Waals surface area contributed by atoms with Gasteiger partial charge in [-0.2, -0.15) is 0 Å². The van der Waals surface area contributed by atoms with Crippen LogP contribution >= 0.6 is 24.0 Å². The minimum Gasteiger partial charge on any atom is -0.335 e. The lowest BCUT2D eigenvalue weighted by atomic mass is 10.1. The van der Waals surface area contributed by atoms with Gasteiger partial charge >= 0.3 is 0 Å². The van der Waals surface area contributed by atoms with Crippen LogP contribution in [-0.2, 0) is 9.59 Å². The second kappa shape index (κ2) is 7.63. The lowest BCUT2D eigenvalue weighted by molar-refractivity contribution is -0.133. The van der Waals surface area contributed by atoms with Crippen molar-refractivity contribution in [2.24, 2.45) is 0 Å². The number of carbonyl (C=O) groups excluding carboxylic acids is 2. The quantitative estimate of drug-likeness (QED) is 0.450. The van der Waals surface area contributed by atoms with Crippen LogP contribution in [0.1, 0.15) is 20.8 Å². The molecule has 0 aliphatic carbocycles. The zero-order valence-corrected chi connectivity index (χ0v) is 16.7. The third-order valence-corrected chi connectivity index (χ3v) is 5.96. The molecule has 2 amide bonds. The number of likely N-dealkylation sites (N-methyl/N-ethyl adjacent to an activating group) is 2. The number of fused-ring (bicyclic) bond motifs is 1. The summed E-state index contributed by atoms with van der Waals surface area (Å²) < 4.78 is 0. The molecule has 7 heteroatoms. The highest BCUT2D eigenvalue weighted by Crippen LogP contribution is 2.45. The number of hydrogen-bond acceptors (Lipinski definition) is 5. The van der Waals surface area contributed by atoms with Crippen molar-refractivity contribution >= 4 is 46.6 Å². The second-order valence-electron chi connectivity index (χ2n) is 5.78. The number of hydrogen-bond donors (Lipinski definition) is 0. The monoisotopic (exact) mass is 387 g/mol. The van der Waals surface area contributed by atoms with Gasteiger partial charge < -0.3 is 4.90 Å². The number of benzene rings is 1. The number of anilines is 1. The summed E-state index contributed by atoms with van der Waals surface area (Å²) in [5, 5.41) is 1.29. The molecule has 1 fully saturated rings. The number of amides is 2. The predicted molar refractivity (Wildman–Crippen MR) is 109 cm³/mol. The second-order valence-corrected chi connectivity index (χ2v) is 7.21. The van der Waals surface area contributed by atoms with Crippen LogP contribution in [0, 0.1) is 0 Å². The molecule has 1 aromatic rings. The molecule has 2 heterocycles. The molecular formula is C19H21N3O2S2. The van der Waals surface area contributed by atoms with E-state index in [1.807, 2.05) is 32.1 Å². The first kappa shape index (κ1) is 18.7. The fourth-order valence-corrected chi connectivity index (χ4v) is 4.61. The fourth-order valence-electron chi connectivity index (χ4n) is 3.06. The van der Waals surface area contributed by atoms with Crippen LogP contribution in [0.2, 0.25) is 0 Å². The maximum Gasteiger partial charge on any atom is 0.265 e. The number of para-hydroxylation sites is 1. The maximum atomic E-state index is 12.7. The summed E-state index contributed by atoms with van der Waals surface area (Å²) in [5.74, 6) is -0.653.